The number of nitrogens with one attached hydrogen (secondary N) is 2. The first-order chi connectivity index (χ1) is 12.5. The van der Waals surface area contributed by atoms with Crippen LogP contribution in [-0.2, 0) is 13.5 Å². The molecule has 5 nitrogen and oxygen atoms in total. The van der Waals surface area contributed by atoms with Gasteiger partial charge in [-0.2, -0.15) is 5.10 Å². The Balaban J connectivity index is 1.48. The van der Waals surface area contributed by atoms with E-state index in [-0.39, 0.29) is 0 Å². The van der Waals surface area contributed by atoms with Crippen LogP contribution < -0.4 is 10.6 Å². The van der Waals surface area contributed by atoms with Crippen LogP contribution in [0.3, 0.4) is 0 Å². The Morgan fingerprint density at radius 2 is 2.04 bits per heavy atom. The van der Waals surface area contributed by atoms with Crippen molar-refractivity contribution in [2.75, 3.05) is 13.6 Å². The van der Waals surface area contributed by atoms with Crippen LogP contribution in [0.25, 0.3) is 0 Å². The van der Waals surface area contributed by atoms with Gasteiger partial charge in [-0.1, -0.05) is 30.3 Å². The summed E-state index contributed by atoms with van der Waals surface area (Å²) in [4.78, 5) is 4.39. The molecule has 26 heavy (non-hydrogen) atoms. The van der Waals surface area contributed by atoms with E-state index in [9.17, 15) is 0 Å². The number of hydrogen-bond donors (Lipinski definition) is 2. The minimum atomic E-state index is 0.298. The summed E-state index contributed by atoms with van der Waals surface area (Å²) in [6.07, 6.45) is 2.21. The maximum Gasteiger partial charge on any atom is 0.191 e. The van der Waals surface area contributed by atoms with Gasteiger partial charge in [0.1, 0.15) is 0 Å². The van der Waals surface area contributed by atoms with Crippen molar-refractivity contribution in [1.82, 2.24) is 20.4 Å². The van der Waals surface area contributed by atoms with Gasteiger partial charge in [0.15, 0.2) is 5.96 Å². The SMILES string of the molecule is CN=C(NCC1CC1c1ccccc1)NC(C)Cc1c(C)nn(C)c1C. The van der Waals surface area contributed by atoms with Crippen LogP contribution in [0.5, 0.6) is 0 Å². The molecule has 1 saturated carbocycles. The molecule has 1 heterocycles. The third kappa shape index (κ3) is 4.26. The molecular weight excluding hydrogens is 322 g/mol. The summed E-state index contributed by atoms with van der Waals surface area (Å²) in [5, 5.41) is 11.5. The molecule has 2 N–H and O–H groups in total. The van der Waals surface area contributed by atoms with Gasteiger partial charge in [-0.05, 0) is 56.6 Å². The van der Waals surface area contributed by atoms with E-state index in [1.54, 1.807) is 0 Å². The van der Waals surface area contributed by atoms with E-state index in [1.807, 2.05) is 18.8 Å². The predicted octanol–water partition coefficient (Wildman–Crippen LogP) is 2.94. The Morgan fingerprint density at radius 3 is 2.65 bits per heavy atom. The maximum atomic E-state index is 4.51. The molecule has 1 aliphatic rings. The number of hydrogen-bond acceptors (Lipinski definition) is 2. The molecule has 1 aliphatic carbocycles. The second kappa shape index (κ2) is 7.94. The van der Waals surface area contributed by atoms with E-state index in [4.69, 9.17) is 0 Å². The second-order valence-electron chi connectivity index (χ2n) is 7.49. The minimum Gasteiger partial charge on any atom is -0.356 e. The normalized spacial score (nSPS) is 20.7. The standard InChI is InChI=1S/C21H31N5/c1-14(11-19-15(2)25-26(5)16(19)3)24-21(22-4)23-13-18-12-20(18)17-9-7-6-8-10-17/h6-10,14,18,20H,11-13H2,1-5H3,(H2,22,23,24). The van der Waals surface area contributed by atoms with Gasteiger partial charge < -0.3 is 10.6 Å². The van der Waals surface area contributed by atoms with Gasteiger partial charge in [0, 0.05) is 32.4 Å². The van der Waals surface area contributed by atoms with E-state index in [1.165, 1.54) is 23.2 Å². The van der Waals surface area contributed by atoms with E-state index in [0.29, 0.717) is 17.9 Å². The molecule has 0 aliphatic heterocycles. The van der Waals surface area contributed by atoms with Crippen LogP contribution in [0.2, 0.25) is 0 Å². The Bertz CT molecular complexity index is 762. The molecule has 3 atom stereocenters. The topological polar surface area (TPSA) is 54.2 Å². The van der Waals surface area contributed by atoms with Crippen molar-refractivity contribution in [2.24, 2.45) is 18.0 Å². The van der Waals surface area contributed by atoms with Crippen molar-refractivity contribution in [3.63, 3.8) is 0 Å². The summed E-state index contributed by atoms with van der Waals surface area (Å²) in [6, 6.07) is 11.1. The van der Waals surface area contributed by atoms with Crippen LogP contribution in [0.1, 0.15) is 41.8 Å². The Labute approximate surface area is 156 Å². The average Bonchev–Trinajstić information content (AvgIpc) is 3.38. The summed E-state index contributed by atoms with van der Waals surface area (Å²) < 4.78 is 1.96. The van der Waals surface area contributed by atoms with Gasteiger partial charge >= 0.3 is 0 Å². The molecule has 2 aromatic rings. The molecule has 5 heteroatoms. The van der Waals surface area contributed by atoms with Gasteiger partial charge in [0.05, 0.1) is 5.69 Å². The monoisotopic (exact) mass is 353 g/mol. The van der Waals surface area contributed by atoms with Gasteiger partial charge in [0.25, 0.3) is 0 Å². The number of nitrogens with zero attached hydrogens (tertiary/aromatic N) is 3. The van der Waals surface area contributed by atoms with E-state index in [0.717, 1.165) is 24.6 Å². The third-order valence-electron chi connectivity index (χ3n) is 5.46. The van der Waals surface area contributed by atoms with Crippen molar-refractivity contribution >= 4 is 5.96 Å². The Kier molecular flexibility index (Phi) is 5.64. The molecule has 0 radical (unpaired) electrons. The molecule has 140 valence electrons. The van der Waals surface area contributed by atoms with Crippen molar-refractivity contribution < 1.29 is 0 Å². The molecule has 3 rings (SSSR count). The van der Waals surface area contributed by atoms with Gasteiger partial charge in [-0.15, -0.1) is 0 Å². The Hall–Kier alpha value is -2.30. The number of aliphatic imine (C=N–C) groups is 1. The highest BCUT2D eigenvalue weighted by atomic mass is 15.3. The lowest BCUT2D eigenvalue weighted by molar-refractivity contribution is 0.627. The lowest BCUT2D eigenvalue weighted by Gasteiger charge is -2.18. The maximum absolute atomic E-state index is 4.51. The molecule has 0 spiro atoms. The number of guanidine groups is 1. The lowest BCUT2D eigenvalue weighted by atomic mass is 10.1. The van der Waals surface area contributed by atoms with Crippen LogP contribution >= 0.6 is 0 Å². The molecule has 1 aromatic carbocycles. The number of aromatic nitrogens is 2. The lowest BCUT2D eigenvalue weighted by Crippen LogP contribution is -2.43. The number of aryl methyl sites for hydroxylation is 2. The fourth-order valence-electron chi connectivity index (χ4n) is 3.71. The molecule has 1 fully saturated rings. The summed E-state index contributed by atoms with van der Waals surface area (Å²) in [5.74, 6) is 2.28. The molecule has 1 aromatic heterocycles. The van der Waals surface area contributed by atoms with E-state index >= 15 is 0 Å². The van der Waals surface area contributed by atoms with E-state index < -0.39 is 0 Å². The summed E-state index contributed by atoms with van der Waals surface area (Å²) in [7, 11) is 3.84. The number of benzene rings is 1. The van der Waals surface area contributed by atoms with Crippen LogP contribution in [0, 0.1) is 19.8 Å². The zero-order valence-electron chi connectivity index (χ0n) is 16.6. The highest BCUT2D eigenvalue weighted by Gasteiger charge is 2.37. The summed E-state index contributed by atoms with van der Waals surface area (Å²) in [5.41, 5.74) is 5.14. The second-order valence-corrected chi connectivity index (χ2v) is 7.49. The largest absolute Gasteiger partial charge is 0.356 e. The van der Waals surface area contributed by atoms with Crippen molar-refractivity contribution in [2.45, 2.75) is 45.6 Å². The minimum absolute atomic E-state index is 0.298. The highest BCUT2D eigenvalue weighted by molar-refractivity contribution is 5.80. The number of rotatable bonds is 6. The van der Waals surface area contributed by atoms with Crippen LogP contribution in [-0.4, -0.2) is 35.4 Å². The molecule has 0 saturated heterocycles. The molecule has 0 bridgehead atoms. The zero-order chi connectivity index (χ0) is 18.7. The molecular formula is C21H31N5. The third-order valence-corrected chi connectivity index (χ3v) is 5.46. The van der Waals surface area contributed by atoms with Crippen LogP contribution in [0.15, 0.2) is 35.3 Å². The average molecular weight is 354 g/mol. The first-order valence-electron chi connectivity index (χ1n) is 9.50. The smallest absolute Gasteiger partial charge is 0.191 e. The van der Waals surface area contributed by atoms with E-state index in [2.05, 4.69) is 71.8 Å². The zero-order valence-corrected chi connectivity index (χ0v) is 16.6. The quantitative estimate of drug-likeness (QED) is 0.620. The summed E-state index contributed by atoms with van der Waals surface area (Å²) >= 11 is 0. The predicted molar refractivity (Wildman–Crippen MR) is 108 cm³/mol. The first kappa shape index (κ1) is 18.5. The van der Waals surface area contributed by atoms with Gasteiger partial charge in [-0.3, -0.25) is 9.67 Å². The first-order valence-corrected chi connectivity index (χ1v) is 9.50. The highest BCUT2D eigenvalue weighted by Crippen LogP contribution is 2.46. The summed E-state index contributed by atoms with van der Waals surface area (Å²) in [6.45, 7) is 7.38. The fourth-order valence-corrected chi connectivity index (χ4v) is 3.71. The van der Waals surface area contributed by atoms with Gasteiger partial charge in [-0.25, -0.2) is 0 Å². The fraction of sp³-hybridized carbons (Fsp3) is 0.524. The Morgan fingerprint density at radius 1 is 1.31 bits per heavy atom. The van der Waals surface area contributed by atoms with Crippen molar-refractivity contribution in [1.29, 1.82) is 0 Å². The molecule has 3 unspecified atom stereocenters. The van der Waals surface area contributed by atoms with Crippen molar-refractivity contribution in [3.8, 4) is 0 Å². The van der Waals surface area contributed by atoms with Crippen molar-refractivity contribution in [3.05, 3.63) is 52.8 Å². The van der Waals surface area contributed by atoms with Gasteiger partial charge in [0.2, 0.25) is 0 Å². The molecule has 0 amide bonds. The van der Waals surface area contributed by atoms with Crippen LogP contribution in [0.4, 0.5) is 0 Å².